The molecule has 2 rings (SSSR count). The van der Waals surface area contributed by atoms with Crippen molar-refractivity contribution < 1.29 is 9.90 Å². The van der Waals surface area contributed by atoms with E-state index in [4.69, 9.17) is 5.11 Å². The lowest BCUT2D eigenvalue weighted by Gasteiger charge is -2.19. The Bertz CT molecular complexity index is 573. The van der Waals surface area contributed by atoms with Gasteiger partial charge in [-0.1, -0.05) is 42.0 Å². The predicted molar refractivity (Wildman–Crippen MR) is 81.1 cm³/mol. The van der Waals surface area contributed by atoms with E-state index in [0.717, 1.165) is 12.1 Å². The molecule has 0 unspecified atom stereocenters. The van der Waals surface area contributed by atoms with E-state index in [9.17, 15) is 4.79 Å². The van der Waals surface area contributed by atoms with Crippen molar-refractivity contribution in [3.8, 4) is 0 Å². The molecule has 0 atom stereocenters. The van der Waals surface area contributed by atoms with E-state index < -0.39 is 5.97 Å². The van der Waals surface area contributed by atoms with Gasteiger partial charge in [0.1, 0.15) is 0 Å². The largest absolute Gasteiger partial charge is 0.481 e. The molecule has 0 aliphatic carbocycles. The van der Waals surface area contributed by atoms with Crippen molar-refractivity contribution in [2.75, 3.05) is 11.9 Å². The van der Waals surface area contributed by atoms with E-state index in [0.29, 0.717) is 0 Å². The van der Waals surface area contributed by atoms with Crippen LogP contribution in [0.1, 0.15) is 16.7 Å². The Labute approximate surface area is 119 Å². The molecule has 2 aromatic carbocycles. The Hall–Kier alpha value is -2.29. The van der Waals surface area contributed by atoms with Gasteiger partial charge in [0.15, 0.2) is 0 Å². The SMILES string of the molecule is Cc1ccc(N(C)Cc2ccc(CC(=O)O)cc2)cc1. The summed E-state index contributed by atoms with van der Waals surface area (Å²) in [5, 5.41) is 8.74. The Morgan fingerprint density at radius 1 is 1.00 bits per heavy atom. The van der Waals surface area contributed by atoms with Gasteiger partial charge in [0.25, 0.3) is 0 Å². The molecule has 0 amide bonds. The summed E-state index contributed by atoms with van der Waals surface area (Å²) in [4.78, 5) is 12.8. The summed E-state index contributed by atoms with van der Waals surface area (Å²) in [7, 11) is 2.05. The molecule has 0 aliphatic heterocycles. The van der Waals surface area contributed by atoms with Gasteiger partial charge in [-0.15, -0.1) is 0 Å². The number of nitrogens with zero attached hydrogens (tertiary/aromatic N) is 1. The first-order valence-corrected chi connectivity index (χ1v) is 6.62. The quantitative estimate of drug-likeness (QED) is 0.905. The van der Waals surface area contributed by atoms with Gasteiger partial charge >= 0.3 is 5.97 Å². The van der Waals surface area contributed by atoms with Gasteiger partial charge in [0, 0.05) is 19.3 Å². The molecule has 0 saturated heterocycles. The Kier molecular flexibility index (Phi) is 4.41. The monoisotopic (exact) mass is 269 g/mol. The number of anilines is 1. The summed E-state index contributed by atoms with van der Waals surface area (Å²) in [6, 6.07) is 16.1. The summed E-state index contributed by atoms with van der Waals surface area (Å²) >= 11 is 0. The first kappa shape index (κ1) is 14.1. The van der Waals surface area contributed by atoms with Crippen LogP contribution in [0.2, 0.25) is 0 Å². The summed E-state index contributed by atoms with van der Waals surface area (Å²) in [5.74, 6) is -0.797. The van der Waals surface area contributed by atoms with Crippen molar-refractivity contribution in [2.45, 2.75) is 19.9 Å². The first-order valence-electron chi connectivity index (χ1n) is 6.62. The highest BCUT2D eigenvalue weighted by atomic mass is 16.4. The zero-order chi connectivity index (χ0) is 14.5. The van der Waals surface area contributed by atoms with Crippen LogP contribution in [0, 0.1) is 6.92 Å². The van der Waals surface area contributed by atoms with Gasteiger partial charge in [0.2, 0.25) is 0 Å². The lowest BCUT2D eigenvalue weighted by atomic mass is 10.1. The van der Waals surface area contributed by atoms with Crippen LogP contribution in [0.25, 0.3) is 0 Å². The van der Waals surface area contributed by atoms with E-state index in [1.54, 1.807) is 0 Å². The first-order chi connectivity index (χ1) is 9.54. The Morgan fingerprint density at radius 2 is 1.55 bits per heavy atom. The lowest BCUT2D eigenvalue weighted by molar-refractivity contribution is -0.136. The third kappa shape index (κ3) is 3.85. The third-order valence-electron chi connectivity index (χ3n) is 3.27. The molecule has 0 fully saturated rings. The molecule has 104 valence electrons. The number of carboxylic acids is 1. The van der Waals surface area contributed by atoms with Crippen LogP contribution in [0.15, 0.2) is 48.5 Å². The molecule has 0 aliphatic rings. The molecule has 0 radical (unpaired) electrons. The van der Waals surface area contributed by atoms with E-state index >= 15 is 0 Å². The maximum Gasteiger partial charge on any atom is 0.307 e. The number of carboxylic acid groups (broad SMARTS) is 1. The van der Waals surface area contributed by atoms with E-state index in [1.165, 1.54) is 16.8 Å². The van der Waals surface area contributed by atoms with Gasteiger partial charge in [0.05, 0.1) is 6.42 Å². The van der Waals surface area contributed by atoms with Crippen molar-refractivity contribution in [3.63, 3.8) is 0 Å². The standard InChI is InChI=1S/C17H19NO2/c1-13-3-9-16(10-4-13)18(2)12-15-7-5-14(6-8-15)11-17(19)20/h3-10H,11-12H2,1-2H3,(H,19,20). The zero-order valence-corrected chi connectivity index (χ0v) is 11.8. The maximum absolute atomic E-state index is 10.6. The topological polar surface area (TPSA) is 40.5 Å². The van der Waals surface area contributed by atoms with E-state index in [1.807, 2.05) is 24.3 Å². The smallest absolute Gasteiger partial charge is 0.307 e. The van der Waals surface area contributed by atoms with Crippen LogP contribution in [-0.2, 0) is 17.8 Å². The average molecular weight is 269 g/mol. The number of hydrogen-bond donors (Lipinski definition) is 1. The summed E-state index contributed by atoms with van der Waals surface area (Å²) < 4.78 is 0. The summed E-state index contributed by atoms with van der Waals surface area (Å²) in [5.41, 5.74) is 4.42. The fraction of sp³-hybridized carbons (Fsp3) is 0.235. The number of hydrogen-bond acceptors (Lipinski definition) is 2. The van der Waals surface area contributed by atoms with Crippen LogP contribution >= 0.6 is 0 Å². The van der Waals surface area contributed by atoms with Gasteiger partial charge in [-0.25, -0.2) is 0 Å². The van der Waals surface area contributed by atoms with Crippen LogP contribution in [-0.4, -0.2) is 18.1 Å². The summed E-state index contributed by atoms with van der Waals surface area (Å²) in [6.45, 7) is 2.88. The van der Waals surface area contributed by atoms with Crippen molar-refractivity contribution >= 4 is 11.7 Å². The second kappa shape index (κ2) is 6.24. The van der Waals surface area contributed by atoms with Crippen LogP contribution in [0.5, 0.6) is 0 Å². The molecule has 3 heteroatoms. The summed E-state index contributed by atoms with van der Waals surface area (Å²) in [6.07, 6.45) is 0.0775. The normalized spacial score (nSPS) is 10.3. The number of aliphatic carboxylic acids is 1. The fourth-order valence-electron chi connectivity index (χ4n) is 2.10. The maximum atomic E-state index is 10.6. The van der Waals surface area contributed by atoms with Crippen molar-refractivity contribution in [3.05, 3.63) is 65.2 Å². The molecule has 0 bridgehead atoms. The second-order valence-corrected chi connectivity index (χ2v) is 5.08. The van der Waals surface area contributed by atoms with Crippen LogP contribution in [0.3, 0.4) is 0 Å². The number of rotatable bonds is 5. The number of carbonyl (C=O) groups is 1. The van der Waals surface area contributed by atoms with E-state index in [2.05, 4.69) is 43.1 Å². The molecule has 0 spiro atoms. The van der Waals surface area contributed by atoms with Gasteiger partial charge in [-0.2, -0.15) is 0 Å². The highest BCUT2D eigenvalue weighted by Gasteiger charge is 2.04. The molecule has 0 saturated carbocycles. The minimum Gasteiger partial charge on any atom is -0.481 e. The van der Waals surface area contributed by atoms with Crippen molar-refractivity contribution in [2.24, 2.45) is 0 Å². The average Bonchev–Trinajstić information content (AvgIpc) is 2.41. The molecule has 0 aromatic heterocycles. The van der Waals surface area contributed by atoms with Crippen LogP contribution in [0.4, 0.5) is 5.69 Å². The second-order valence-electron chi connectivity index (χ2n) is 5.08. The molecular formula is C17H19NO2. The highest BCUT2D eigenvalue weighted by Crippen LogP contribution is 2.16. The Morgan fingerprint density at radius 3 is 2.10 bits per heavy atom. The molecule has 0 heterocycles. The fourth-order valence-corrected chi connectivity index (χ4v) is 2.10. The zero-order valence-electron chi connectivity index (χ0n) is 11.8. The van der Waals surface area contributed by atoms with Gasteiger partial charge < -0.3 is 10.0 Å². The minimum absolute atomic E-state index is 0.0775. The predicted octanol–water partition coefficient (Wildman–Crippen LogP) is 3.26. The molecule has 20 heavy (non-hydrogen) atoms. The number of aryl methyl sites for hydroxylation is 1. The lowest BCUT2D eigenvalue weighted by Crippen LogP contribution is -2.16. The number of benzene rings is 2. The van der Waals surface area contributed by atoms with E-state index in [-0.39, 0.29) is 6.42 Å². The van der Waals surface area contributed by atoms with Gasteiger partial charge in [-0.05, 0) is 30.2 Å². The van der Waals surface area contributed by atoms with Crippen LogP contribution < -0.4 is 4.90 Å². The minimum atomic E-state index is -0.797. The molecular weight excluding hydrogens is 250 g/mol. The molecule has 3 nitrogen and oxygen atoms in total. The molecule has 1 N–H and O–H groups in total. The molecule has 2 aromatic rings. The van der Waals surface area contributed by atoms with Crippen molar-refractivity contribution in [1.82, 2.24) is 0 Å². The third-order valence-corrected chi connectivity index (χ3v) is 3.27. The van der Waals surface area contributed by atoms with Gasteiger partial charge in [-0.3, -0.25) is 4.79 Å². The Balaban J connectivity index is 2.02. The highest BCUT2D eigenvalue weighted by molar-refractivity contribution is 5.70. The van der Waals surface area contributed by atoms with Crippen molar-refractivity contribution in [1.29, 1.82) is 0 Å².